The number of hydrogen-bond acceptors (Lipinski definition) is 3. The predicted molar refractivity (Wildman–Crippen MR) is 138 cm³/mol. The Balaban J connectivity index is 1.56. The van der Waals surface area contributed by atoms with E-state index in [1.54, 1.807) is 60.2 Å². The molecular weight excluding hydrogens is 508 g/mol. The standard InChI is InChI=1S/C30H26F4N4O/c1-18-13-21(9-10-25(18)31)27(20-7-8-20)37-29(39)23-15-19(17-38-12-3-2-6-26(38)35)14-22(16-23)24-5-4-11-36-28(24)30(32,33)34/h2-6,9-16,20,27,35H,7-8,17H2,1H3,(H,37,39). The molecule has 2 aromatic heterocycles. The highest BCUT2D eigenvalue weighted by atomic mass is 19.4. The molecule has 1 atom stereocenters. The van der Waals surface area contributed by atoms with Gasteiger partial charge in [0.1, 0.15) is 11.3 Å². The minimum Gasteiger partial charge on any atom is -0.345 e. The summed E-state index contributed by atoms with van der Waals surface area (Å²) in [4.78, 5) is 17.2. The van der Waals surface area contributed by atoms with Crippen LogP contribution in [0.2, 0.25) is 0 Å². The molecule has 0 bridgehead atoms. The van der Waals surface area contributed by atoms with E-state index in [2.05, 4.69) is 10.3 Å². The van der Waals surface area contributed by atoms with E-state index >= 15 is 0 Å². The van der Waals surface area contributed by atoms with Crippen LogP contribution < -0.4 is 10.8 Å². The zero-order chi connectivity index (χ0) is 27.7. The summed E-state index contributed by atoms with van der Waals surface area (Å²) in [6.45, 7) is 1.84. The number of nitrogens with one attached hydrogen (secondary N) is 2. The summed E-state index contributed by atoms with van der Waals surface area (Å²) in [6, 6.07) is 16.9. The minimum absolute atomic E-state index is 0.141. The van der Waals surface area contributed by atoms with Gasteiger partial charge < -0.3 is 9.88 Å². The third-order valence-electron chi connectivity index (χ3n) is 6.86. The van der Waals surface area contributed by atoms with Gasteiger partial charge >= 0.3 is 6.18 Å². The van der Waals surface area contributed by atoms with Crippen LogP contribution in [-0.4, -0.2) is 15.5 Å². The van der Waals surface area contributed by atoms with Gasteiger partial charge in [0.05, 0.1) is 6.04 Å². The van der Waals surface area contributed by atoms with Crippen LogP contribution in [0.4, 0.5) is 17.6 Å². The van der Waals surface area contributed by atoms with E-state index in [9.17, 15) is 22.4 Å². The minimum atomic E-state index is -4.69. The number of amides is 1. The molecule has 200 valence electrons. The van der Waals surface area contributed by atoms with E-state index in [1.165, 1.54) is 24.3 Å². The summed E-state index contributed by atoms with van der Waals surface area (Å²) in [5.74, 6) is -0.581. The Morgan fingerprint density at radius 3 is 2.59 bits per heavy atom. The van der Waals surface area contributed by atoms with Crippen molar-refractivity contribution in [1.82, 2.24) is 14.9 Å². The van der Waals surface area contributed by atoms with Crippen LogP contribution in [0.15, 0.2) is 79.1 Å². The van der Waals surface area contributed by atoms with Gasteiger partial charge in [-0.25, -0.2) is 4.39 Å². The fourth-order valence-corrected chi connectivity index (χ4v) is 4.73. The van der Waals surface area contributed by atoms with E-state index in [0.29, 0.717) is 11.1 Å². The van der Waals surface area contributed by atoms with E-state index in [0.717, 1.165) is 24.6 Å². The Morgan fingerprint density at radius 2 is 1.90 bits per heavy atom. The van der Waals surface area contributed by atoms with Crippen molar-refractivity contribution in [2.45, 2.75) is 38.5 Å². The Kier molecular flexibility index (Phi) is 7.08. The molecular formula is C30H26F4N4O. The first-order valence-corrected chi connectivity index (χ1v) is 12.5. The van der Waals surface area contributed by atoms with Crippen LogP contribution in [0.3, 0.4) is 0 Å². The number of aromatic nitrogens is 2. The zero-order valence-electron chi connectivity index (χ0n) is 21.1. The number of benzene rings is 2. The first-order valence-electron chi connectivity index (χ1n) is 12.5. The van der Waals surface area contributed by atoms with Crippen molar-refractivity contribution in [1.29, 1.82) is 5.41 Å². The third-order valence-corrected chi connectivity index (χ3v) is 6.86. The molecule has 0 spiro atoms. The Labute approximate surface area is 222 Å². The predicted octanol–water partition coefficient (Wildman–Crippen LogP) is 6.43. The number of rotatable bonds is 7. The maximum atomic E-state index is 13.9. The second kappa shape index (κ2) is 10.5. The normalized spacial score (nSPS) is 14.2. The van der Waals surface area contributed by atoms with E-state index in [1.807, 2.05) is 0 Å². The topological polar surface area (TPSA) is 70.8 Å². The second-order valence-electron chi connectivity index (χ2n) is 9.83. The molecule has 2 aromatic carbocycles. The highest BCUT2D eigenvalue weighted by molar-refractivity contribution is 5.96. The maximum Gasteiger partial charge on any atom is 0.433 e. The maximum absolute atomic E-state index is 13.9. The fraction of sp³-hybridized carbons (Fsp3) is 0.233. The molecule has 1 saturated carbocycles. The fourth-order valence-electron chi connectivity index (χ4n) is 4.73. The molecule has 1 aliphatic rings. The number of aryl methyl sites for hydroxylation is 1. The van der Waals surface area contributed by atoms with E-state index in [-0.39, 0.29) is 46.5 Å². The Morgan fingerprint density at radius 1 is 1.10 bits per heavy atom. The van der Waals surface area contributed by atoms with E-state index < -0.39 is 17.8 Å². The zero-order valence-corrected chi connectivity index (χ0v) is 21.1. The molecule has 39 heavy (non-hydrogen) atoms. The molecule has 1 amide bonds. The SMILES string of the molecule is Cc1cc(C(NC(=O)c2cc(Cn3ccccc3=N)cc(-c3cccnc3C(F)(F)F)c2)C2CC2)ccc1F. The number of carbonyl (C=O) groups excluding carboxylic acids is 1. The summed E-state index contributed by atoms with van der Waals surface area (Å²) < 4.78 is 57.0. The lowest BCUT2D eigenvalue weighted by atomic mass is 9.96. The van der Waals surface area contributed by atoms with Crippen LogP contribution in [0.5, 0.6) is 0 Å². The first kappa shape index (κ1) is 26.3. The molecule has 0 saturated heterocycles. The molecule has 0 aliphatic heterocycles. The second-order valence-corrected chi connectivity index (χ2v) is 9.83. The average Bonchev–Trinajstić information content (AvgIpc) is 3.75. The molecule has 1 aliphatic carbocycles. The molecule has 9 heteroatoms. The van der Waals surface area contributed by atoms with Crippen LogP contribution >= 0.6 is 0 Å². The van der Waals surface area contributed by atoms with Crippen molar-refractivity contribution < 1.29 is 22.4 Å². The number of hydrogen-bond donors (Lipinski definition) is 2. The molecule has 2 heterocycles. The van der Waals surface area contributed by atoms with Gasteiger partial charge in [-0.15, -0.1) is 0 Å². The monoisotopic (exact) mass is 534 g/mol. The molecule has 1 fully saturated rings. The largest absolute Gasteiger partial charge is 0.433 e. The number of alkyl halides is 3. The van der Waals surface area contributed by atoms with E-state index in [4.69, 9.17) is 5.41 Å². The van der Waals surface area contributed by atoms with Crippen LogP contribution in [0, 0.1) is 24.1 Å². The van der Waals surface area contributed by atoms with Crippen LogP contribution in [-0.2, 0) is 12.7 Å². The lowest BCUT2D eigenvalue weighted by Gasteiger charge is -2.21. The van der Waals surface area contributed by atoms with Gasteiger partial charge in [0.25, 0.3) is 5.91 Å². The van der Waals surface area contributed by atoms with Crippen molar-refractivity contribution in [2.24, 2.45) is 5.92 Å². The van der Waals surface area contributed by atoms with Gasteiger partial charge in [-0.1, -0.05) is 24.3 Å². The number of halogens is 4. The number of pyridine rings is 2. The molecule has 0 radical (unpaired) electrons. The first-order chi connectivity index (χ1) is 18.6. The third kappa shape index (κ3) is 5.92. The molecule has 4 aromatic rings. The van der Waals surface area contributed by atoms with Gasteiger partial charge in [-0.2, -0.15) is 13.2 Å². The Bertz CT molecular complexity index is 1590. The van der Waals surface area contributed by atoms with Crippen LogP contribution in [0.1, 0.15) is 51.6 Å². The van der Waals surface area contributed by atoms with Crippen molar-refractivity contribution in [3.63, 3.8) is 0 Å². The summed E-state index contributed by atoms with van der Waals surface area (Å²) in [7, 11) is 0. The van der Waals surface area contributed by atoms with Gasteiger partial charge in [0, 0.05) is 30.1 Å². The number of carbonyl (C=O) groups is 1. The molecule has 1 unspecified atom stereocenters. The van der Waals surface area contributed by atoms with Crippen molar-refractivity contribution in [2.75, 3.05) is 0 Å². The average molecular weight is 535 g/mol. The highest BCUT2D eigenvalue weighted by Crippen LogP contribution is 2.42. The van der Waals surface area contributed by atoms with Gasteiger partial charge in [0.15, 0.2) is 5.69 Å². The van der Waals surface area contributed by atoms with Gasteiger partial charge in [-0.3, -0.25) is 15.2 Å². The van der Waals surface area contributed by atoms with Crippen LogP contribution in [0.25, 0.3) is 11.1 Å². The Hall–Kier alpha value is -4.27. The van der Waals surface area contributed by atoms with Crippen molar-refractivity contribution in [3.8, 4) is 11.1 Å². The summed E-state index contributed by atoms with van der Waals surface area (Å²) in [5.41, 5.74) is 1.23. The molecule has 5 nitrogen and oxygen atoms in total. The van der Waals surface area contributed by atoms with Gasteiger partial charge in [0.2, 0.25) is 0 Å². The highest BCUT2D eigenvalue weighted by Gasteiger charge is 2.36. The molecule has 2 N–H and O–H groups in total. The summed E-state index contributed by atoms with van der Waals surface area (Å²) >= 11 is 0. The molecule has 5 rings (SSSR count). The quantitative estimate of drug-likeness (QED) is 0.269. The number of nitrogens with zero attached hydrogens (tertiary/aromatic N) is 2. The lowest BCUT2D eigenvalue weighted by Crippen LogP contribution is -2.30. The van der Waals surface area contributed by atoms with Crippen molar-refractivity contribution in [3.05, 3.63) is 118 Å². The lowest BCUT2D eigenvalue weighted by molar-refractivity contribution is -0.140. The van der Waals surface area contributed by atoms with Crippen molar-refractivity contribution >= 4 is 5.91 Å². The smallest absolute Gasteiger partial charge is 0.345 e. The summed E-state index contributed by atoms with van der Waals surface area (Å²) in [5, 5.41) is 11.2. The summed E-state index contributed by atoms with van der Waals surface area (Å²) in [6.07, 6.45) is -0.0850. The van der Waals surface area contributed by atoms with Gasteiger partial charge in [-0.05, 0) is 90.4 Å².